The van der Waals surface area contributed by atoms with Crippen LogP contribution in [-0.4, -0.2) is 25.0 Å². The lowest BCUT2D eigenvalue weighted by Gasteiger charge is -2.10. The van der Waals surface area contributed by atoms with Crippen LogP contribution in [0.2, 0.25) is 0 Å². The van der Waals surface area contributed by atoms with Crippen LogP contribution in [0.5, 0.6) is 0 Å². The summed E-state index contributed by atoms with van der Waals surface area (Å²) in [6.45, 7) is 0. The summed E-state index contributed by atoms with van der Waals surface area (Å²) < 4.78 is 0. The van der Waals surface area contributed by atoms with Crippen LogP contribution in [0, 0.1) is 0 Å². The maximum Gasteiger partial charge on any atom is 0.115 e. The summed E-state index contributed by atoms with van der Waals surface area (Å²) in [7, 11) is 0. The maximum absolute atomic E-state index is 10.2. The molecule has 5 heteroatoms. The number of benzene rings is 1. The lowest BCUT2D eigenvalue weighted by molar-refractivity contribution is 0.219. The molecule has 0 aliphatic rings. The van der Waals surface area contributed by atoms with E-state index in [1.807, 2.05) is 18.2 Å². The van der Waals surface area contributed by atoms with Gasteiger partial charge in [-0.05, 0) is 17.7 Å². The molecule has 0 radical (unpaired) electrons. The monoisotopic (exact) mass is 238 g/mol. The fourth-order valence-corrected chi connectivity index (χ4v) is 1.79. The van der Waals surface area contributed by atoms with Crippen LogP contribution in [0.4, 0.5) is 0 Å². The molecular weight excluding hydrogens is 228 g/mol. The highest BCUT2D eigenvalue weighted by molar-refractivity contribution is 5.74. The number of rotatable bonds is 2. The average Bonchev–Trinajstić information content (AvgIpc) is 2.47. The van der Waals surface area contributed by atoms with Gasteiger partial charge < -0.3 is 5.11 Å². The predicted molar refractivity (Wildman–Crippen MR) is 65.6 cm³/mol. The third-order valence-corrected chi connectivity index (χ3v) is 2.71. The lowest BCUT2D eigenvalue weighted by atomic mass is 10.0. The van der Waals surface area contributed by atoms with Crippen molar-refractivity contribution in [3.63, 3.8) is 0 Å². The Morgan fingerprint density at radius 3 is 2.39 bits per heavy atom. The van der Waals surface area contributed by atoms with Gasteiger partial charge in [0, 0.05) is 30.4 Å². The molecule has 1 atom stereocenters. The quantitative estimate of drug-likeness (QED) is 0.732. The van der Waals surface area contributed by atoms with Crippen molar-refractivity contribution in [3.05, 3.63) is 60.4 Å². The highest BCUT2D eigenvalue weighted by Crippen LogP contribution is 2.22. The van der Waals surface area contributed by atoms with Crippen LogP contribution < -0.4 is 0 Å². The summed E-state index contributed by atoms with van der Waals surface area (Å²) >= 11 is 0. The summed E-state index contributed by atoms with van der Waals surface area (Å²) in [5.74, 6) is 0. The highest BCUT2D eigenvalue weighted by atomic mass is 16.3. The summed E-state index contributed by atoms with van der Waals surface area (Å²) in [4.78, 5) is 16.2. The van der Waals surface area contributed by atoms with Crippen molar-refractivity contribution >= 4 is 11.0 Å². The Bertz CT molecular complexity index is 672. The molecule has 0 spiro atoms. The number of nitrogens with zero attached hydrogens (tertiary/aromatic N) is 4. The molecule has 3 aromatic rings. The minimum Gasteiger partial charge on any atom is -0.384 e. The molecule has 0 aliphatic carbocycles. The molecule has 0 saturated heterocycles. The molecule has 88 valence electrons. The summed E-state index contributed by atoms with van der Waals surface area (Å²) in [5.41, 5.74) is 2.96. The third-order valence-electron chi connectivity index (χ3n) is 2.71. The van der Waals surface area contributed by atoms with Crippen LogP contribution in [0.15, 0.2) is 49.3 Å². The molecule has 0 saturated carbocycles. The summed E-state index contributed by atoms with van der Waals surface area (Å²) in [5, 5.41) is 10.2. The number of aliphatic hydroxyl groups excluding tert-OH is 1. The topological polar surface area (TPSA) is 71.8 Å². The predicted octanol–water partition coefficient (Wildman–Crippen LogP) is 1.50. The van der Waals surface area contributed by atoms with Gasteiger partial charge in [-0.25, -0.2) is 9.97 Å². The number of hydrogen-bond acceptors (Lipinski definition) is 5. The van der Waals surface area contributed by atoms with Gasteiger partial charge >= 0.3 is 0 Å². The van der Waals surface area contributed by atoms with E-state index >= 15 is 0 Å². The lowest BCUT2D eigenvalue weighted by Crippen LogP contribution is -2.01. The standard InChI is InChI=1S/C13H10N4O/c18-13(10-6-14-8-15-7-10)9-1-2-11-12(5-9)17-4-3-16-11/h1-8,13,18H. The minimum atomic E-state index is -0.752. The maximum atomic E-state index is 10.2. The van der Waals surface area contributed by atoms with Gasteiger partial charge in [0.25, 0.3) is 0 Å². The second-order valence-corrected chi connectivity index (χ2v) is 3.88. The molecule has 0 bridgehead atoms. The molecular formula is C13H10N4O. The first kappa shape index (κ1) is 10.7. The Morgan fingerprint density at radius 1 is 0.889 bits per heavy atom. The van der Waals surface area contributed by atoms with Gasteiger partial charge in [0.2, 0.25) is 0 Å². The summed E-state index contributed by atoms with van der Waals surface area (Å²) in [6.07, 6.45) is 7.14. The Labute approximate surface area is 103 Å². The van der Waals surface area contributed by atoms with E-state index in [1.165, 1.54) is 6.33 Å². The van der Waals surface area contributed by atoms with Gasteiger partial charge in [0.05, 0.1) is 11.0 Å². The molecule has 0 fully saturated rings. The van der Waals surface area contributed by atoms with Crippen molar-refractivity contribution in [2.75, 3.05) is 0 Å². The van der Waals surface area contributed by atoms with Crippen LogP contribution in [-0.2, 0) is 0 Å². The van der Waals surface area contributed by atoms with Crippen LogP contribution in [0.25, 0.3) is 11.0 Å². The summed E-state index contributed by atoms with van der Waals surface area (Å²) in [6, 6.07) is 5.49. The van der Waals surface area contributed by atoms with Crippen molar-refractivity contribution in [3.8, 4) is 0 Å². The normalized spacial score (nSPS) is 12.5. The van der Waals surface area contributed by atoms with Crippen molar-refractivity contribution in [2.24, 2.45) is 0 Å². The molecule has 5 nitrogen and oxygen atoms in total. The smallest absolute Gasteiger partial charge is 0.115 e. The SMILES string of the molecule is OC(c1cncnc1)c1ccc2nccnc2c1. The molecule has 0 amide bonds. The zero-order valence-corrected chi connectivity index (χ0v) is 9.43. The fraction of sp³-hybridized carbons (Fsp3) is 0.0769. The van der Waals surface area contributed by atoms with Gasteiger partial charge in [0.1, 0.15) is 12.4 Å². The van der Waals surface area contributed by atoms with Crippen LogP contribution in [0.1, 0.15) is 17.2 Å². The third kappa shape index (κ3) is 1.91. The van der Waals surface area contributed by atoms with Crippen molar-refractivity contribution in [1.82, 2.24) is 19.9 Å². The van der Waals surface area contributed by atoms with Crippen LogP contribution >= 0.6 is 0 Å². The van der Waals surface area contributed by atoms with Gasteiger partial charge in [-0.2, -0.15) is 0 Å². The van der Waals surface area contributed by atoms with Crippen LogP contribution in [0.3, 0.4) is 0 Å². The molecule has 1 unspecified atom stereocenters. The zero-order valence-electron chi connectivity index (χ0n) is 9.43. The van der Waals surface area contributed by atoms with E-state index in [-0.39, 0.29) is 0 Å². The zero-order chi connectivity index (χ0) is 12.4. The first-order chi connectivity index (χ1) is 8.84. The average molecular weight is 238 g/mol. The molecule has 2 aromatic heterocycles. The van der Waals surface area contributed by atoms with Gasteiger partial charge in [-0.15, -0.1) is 0 Å². The second-order valence-electron chi connectivity index (χ2n) is 3.88. The number of fused-ring (bicyclic) bond motifs is 1. The van der Waals surface area contributed by atoms with E-state index in [0.717, 1.165) is 16.6 Å². The molecule has 1 N–H and O–H groups in total. The fourth-order valence-electron chi connectivity index (χ4n) is 1.79. The minimum absolute atomic E-state index is 0.653. The van der Waals surface area contributed by atoms with Gasteiger partial charge in [0.15, 0.2) is 0 Å². The van der Waals surface area contributed by atoms with E-state index in [4.69, 9.17) is 0 Å². The molecule has 3 rings (SSSR count). The van der Waals surface area contributed by atoms with E-state index in [9.17, 15) is 5.11 Å². The van der Waals surface area contributed by atoms with Gasteiger partial charge in [-0.1, -0.05) is 6.07 Å². The molecule has 1 aromatic carbocycles. The highest BCUT2D eigenvalue weighted by Gasteiger charge is 2.11. The largest absolute Gasteiger partial charge is 0.384 e. The van der Waals surface area contributed by atoms with Crippen molar-refractivity contribution in [2.45, 2.75) is 6.10 Å². The molecule has 0 aliphatic heterocycles. The van der Waals surface area contributed by atoms with E-state index in [0.29, 0.717) is 5.56 Å². The number of aliphatic hydroxyl groups is 1. The van der Waals surface area contributed by atoms with E-state index in [1.54, 1.807) is 24.8 Å². The molecule has 2 heterocycles. The van der Waals surface area contributed by atoms with Gasteiger partial charge in [-0.3, -0.25) is 9.97 Å². The first-order valence-electron chi connectivity index (χ1n) is 5.48. The Balaban J connectivity index is 2.04. The first-order valence-corrected chi connectivity index (χ1v) is 5.48. The molecule has 18 heavy (non-hydrogen) atoms. The Hall–Kier alpha value is -2.40. The Kier molecular flexibility index (Phi) is 2.66. The Morgan fingerprint density at radius 2 is 1.61 bits per heavy atom. The van der Waals surface area contributed by atoms with Crippen molar-refractivity contribution in [1.29, 1.82) is 0 Å². The number of hydrogen-bond donors (Lipinski definition) is 1. The second kappa shape index (κ2) is 4.46. The van der Waals surface area contributed by atoms with E-state index in [2.05, 4.69) is 19.9 Å². The van der Waals surface area contributed by atoms with E-state index < -0.39 is 6.10 Å². The van der Waals surface area contributed by atoms with Crippen molar-refractivity contribution < 1.29 is 5.11 Å². The number of aromatic nitrogens is 4.